The highest BCUT2D eigenvalue weighted by molar-refractivity contribution is 5.67. The van der Waals surface area contributed by atoms with E-state index in [4.69, 9.17) is 23.7 Å². The van der Waals surface area contributed by atoms with E-state index in [1.165, 1.54) is 13.8 Å². The highest BCUT2D eigenvalue weighted by atomic mass is 16.7. The van der Waals surface area contributed by atoms with Crippen LogP contribution in [0.4, 0.5) is 0 Å². The largest absolute Gasteiger partial charge is 0.455 e. The lowest BCUT2D eigenvalue weighted by Crippen LogP contribution is -2.61. The summed E-state index contributed by atoms with van der Waals surface area (Å²) >= 11 is 0. The Bertz CT molecular complexity index is 677. The van der Waals surface area contributed by atoms with Gasteiger partial charge in [-0.3, -0.25) is 9.59 Å². The summed E-state index contributed by atoms with van der Waals surface area (Å²) in [6.45, 7) is 6.77. The van der Waals surface area contributed by atoms with Crippen molar-refractivity contribution in [1.29, 1.82) is 0 Å². The second-order valence-corrected chi connectivity index (χ2v) is 6.98. The van der Waals surface area contributed by atoms with E-state index in [0.717, 1.165) is 12.0 Å². The zero-order valence-electron chi connectivity index (χ0n) is 17.4. The molecule has 1 heterocycles. The minimum atomic E-state index is -1.26. The van der Waals surface area contributed by atoms with Crippen LogP contribution in [0.2, 0.25) is 0 Å². The van der Waals surface area contributed by atoms with Gasteiger partial charge < -0.3 is 28.8 Å². The Morgan fingerprint density at radius 1 is 1.13 bits per heavy atom. The number of unbranched alkanes of at least 4 members (excludes halogenated alkanes) is 1. The van der Waals surface area contributed by atoms with Crippen LogP contribution in [0, 0.1) is 0 Å². The van der Waals surface area contributed by atoms with Gasteiger partial charge in [0, 0.05) is 13.8 Å². The fourth-order valence-electron chi connectivity index (χ4n) is 3.10. The monoisotopic (exact) mass is 422 g/mol. The normalized spacial score (nSPS) is 26.0. The topological polar surface area (TPSA) is 101 Å². The first kappa shape index (κ1) is 24.0. The van der Waals surface area contributed by atoms with E-state index < -0.39 is 42.6 Å². The molecule has 0 saturated carbocycles. The molecule has 1 N–H and O–H groups in total. The summed E-state index contributed by atoms with van der Waals surface area (Å²) in [6.07, 6.45) is -2.17. The molecule has 0 aliphatic carbocycles. The van der Waals surface area contributed by atoms with Crippen LogP contribution in [0.3, 0.4) is 0 Å². The molecule has 0 amide bonds. The van der Waals surface area contributed by atoms with E-state index in [1.807, 2.05) is 30.3 Å². The van der Waals surface area contributed by atoms with Crippen molar-refractivity contribution >= 4 is 11.9 Å². The Morgan fingerprint density at radius 3 is 2.43 bits per heavy atom. The number of aliphatic hydroxyl groups excluding tert-OH is 1. The van der Waals surface area contributed by atoms with Crippen LogP contribution < -0.4 is 0 Å². The SMILES string of the molecule is C=CCCCO[C@H]1O[C@H](COCc2ccccc2)[C@@H](O)[C@H](OC(C)=O)[C@@H]1OC(C)=O. The number of rotatable bonds is 11. The van der Waals surface area contributed by atoms with Crippen molar-refractivity contribution in [3.8, 4) is 0 Å². The predicted octanol–water partition coefficient (Wildman–Crippen LogP) is 2.14. The van der Waals surface area contributed by atoms with E-state index in [0.29, 0.717) is 19.6 Å². The smallest absolute Gasteiger partial charge is 0.303 e. The molecule has 1 aromatic carbocycles. The van der Waals surface area contributed by atoms with E-state index in [1.54, 1.807) is 6.08 Å². The molecule has 0 aromatic heterocycles. The van der Waals surface area contributed by atoms with Gasteiger partial charge in [-0.15, -0.1) is 6.58 Å². The summed E-state index contributed by atoms with van der Waals surface area (Å²) in [5.41, 5.74) is 0.967. The first-order chi connectivity index (χ1) is 14.4. The molecule has 0 spiro atoms. The summed E-state index contributed by atoms with van der Waals surface area (Å²) < 4.78 is 27.8. The number of hydrogen-bond donors (Lipinski definition) is 1. The van der Waals surface area contributed by atoms with E-state index in [-0.39, 0.29) is 6.61 Å². The van der Waals surface area contributed by atoms with Crippen molar-refractivity contribution in [2.45, 2.75) is 64.0 Å². The van der Waals surface area contributed by atoms with Crippen LogP contribution in [0.1, 0.15) is 32.3 Å². The third-order valence-electron chi connectivity index (χ3n) is 4.45. The third-order valence-corrected chi connectivity index (χ3v) is 4.45. The number of carbonyl (C=O) groups excluding carboxylic acids is 2. The second-order valence-electron chi connectivity index (χ2n) is 6.98. The molecule has 8 nitrogen and oxygen atoms in total. The van der Waals surface area contributed by atoms with Crippen molar-refractivity contribution in [2.24, 2.45) is 0 Å². The first-order valence-corrected chi connectivity index (χ1v) is 9.94. The average molecular weight is 422 g/mol. The fourth-order valence-corrected chi connectivity index (χ4v) is 3.10. The maximum Gasteiger partial charge on any atom is 0.303 e. The van der Waals surface area contributed by atoms with Crippen LogP contribution in [0.25, 0.3) is 0 Å². The number of aliphatic hydroxyl groups is 1. The van der Waals surface area contributed by atoms with Crippen molar-refractivity contribution in [2.75, 3.05) is 13.2 Å². The molecule has 0 bridgehead atoms. The molecule has 0 radical (unpaired) electrons. The van der Waals surface area contributed by atoms with Crippen LogP contribution in [0.15, 0.2) is 43.0 Å². The van der Waals surface area contributed by atoms with Gasteiger partial charge in [0.2, 0.25) is 0 Å². The van der Waals surface area contributed by atoms with Crippen LogP contribution in [-0.4, -0.2) is 61.0 Å². The summed E-state index contributed by atoms with van der Waals surface area (Å²) in [4.78, 5) is 23.2. The Morgan fingerprint density at radius 2 is 1.80 bits per heavy atom. The number of esters is 2. The van der Waals surface area contributed by atoms with Crippen LogP contribution in [-0.2, 0) is 39.9 Å². The predicted molar refractivity (Wildman–Crippen MR) is 107 cm³/mol. The van der Waals surface area contributed by atoms with Crippen molar-refractivity contribution in [3.63, 3.8) is 0 Å². The molecule has 1 aromatic rings. The fraction of sp³-hybridized carbons (Fsp3) is 0.545. The molecule has 166 valence electrons. The summed E-state index contributed by atoms with van der Waals surface area (Å²) in [7, 11) is 0. The molecule has 5 atom stereocenters. The molecule has 0 unspecified atom stereocenters. The summed E-state index contributed by atoms with van der Waals surface area (Å²) in [6, 6.07) is 9.55. The minimum absolute atomic E-state index is 0.0349. The number of benzene rings is 1. The van der Waals surface area contributed by atoms with Gasteiger partial charge in [0.05, 0.1) is 19.8 Å². The van der Waals surface area contributed by atoms with E-state index >= 15 is 0 Å². The summed E-state index contributed by atoms with van der Waals surface area (Å²) in [5.74, 6) is -1.22. The van der Waals surface area contributed by atoms with Crippen molar-refractivity contribution in [3.05, 3.63) is 48.6 Å². The molecular formula is C22H30O8. The van der Waals surface area contributed by atoms with Crippen molar-refractivity contribution < 1.29 is 38.4 Å². The van der Waals surface area contributed by atoms with Crippen molar-refractivity contribution in [1.82, 2.24) is 0 Å². The molecular weight excluding hydrogens is 392 g/mol. The molecule has 1 saturated heterocycles. The summed E-state index contributed by atoms with van der Waals surface area (Å²) in [5, 5.41) is 10.7. The van der Waals surface area contributed by atoms with Gasteiger partial charge in [-0.25, -0.2) is 0 Å². The average Bonchev–Trinajstić information content (AvgIpc) is 2.71. The molecule has 1 aliphatic heterocycles. The number of carbonyl (C=O) groups is 2. The van der Waals surface area contributed by atoms with Crippen LogP contribution >= 0.6 is 0 Å². The van der Waals surface area contributed by atoms with E-state index in [9.17, 15) is 14.7 Å². The second kappa shape index (κ2) is 12.4. The quantitative estimate of drug-likeness (QED) is 0.329. The lowest BCUT2D eigenvalue weighted by molar-refractivity contribution is -0.307. The minimum Gasteiger partial charge on any atom is -0.455 e. The lowest BCUT2D eigenvalue weighted by atomic mass is 9.98. The third kappa shape index (κ3) is 7.53. The molecule has 1 fully saturated rings. The maximum absolute atomic E-state index is 11.6. The molecule has 30 heavy (non-hydrogen) atoms. The Labute approximate surface area is 176 Å². The molecule has 8 heteroatoms. The van der Waals surface area contributed by atoms with Gasteiger partial charge in [-0.05, 0) is 18.4 Å². The zero-order chi connectivity index (χ0) is 21.9. The molecule has 1 aliphatic rings. The zero-order valence-corrected chi connectivity index (χ0v) is 17.4. The van der Waals surface area contributed by atoms with E-state index in [2.05, 4.69) is 6.58 Å². The van der Waals surface area contributed by atoms with Gasteiger partial charge in [0.1, 0.15) is 12.2 Å². The first-order valence-electron chi connectivity index (χ1n) is 9.94. The maximum atomic E-state index is 11.6. The highest BCUT2D eigenvalue weighted by Crippen LogP contribution is 2.28. The number of hydrogen-bond acceptors (Lipinski definition) is 8. The number of allylic oxidation sites excluding steroid dienone is 1. The van der Waals surface area contributed by atoms with Gasteiger partial charge in [0.25, 0.3) is 0 Å². The Balaban J connectivity index is 2.09. The highest BCUT2D eigenvalue weighted by Gasteiger charge is 2.50. The van der Waals surface area contributed by atoms with Gasteiger partial charge in [0.15, 0.2) is 18.5 Å². The Kier molecular flexibility index (Phi) is 9.96. The van der Waals surface area contributed by atoms with Gasteiger partial charge in [-0.1, -0.05) is 36.4 Å². The standard InChI is InChI=1S/C22H30O8/c1-4-5-9-12-27-22-21(29-16(3)24)20(28-15(2)23)19(25)18(30-22)14-26-13-17-10-7-6-8-11-17/h4,6-8,10-11,18-22,25H,1,5,9,12-14H2,2-3H3/t18-,19-,20+,21+,22+/m1/s1. The lowest BCUT2D eigenvalue weighted by Gasteiger charge is -2.43. The molecule has 2 rings (SSSR count). The number of ether oxygens (including phenoxy) is 5. The van der Waals surface area contributed by atoms with Crippen LogP contribution in [0.5, 0.6) is 0 Å². The van der Waals surface area contributed by atoms with Gasteiger partial charge in [-0.2, -0.15) is 0 Å². The Hall–Kier alpha value is -2.26. The van der Waals surface area contributed by atoms with Gasteiger partial charge >= 0.3 is 11.9 Å².